The highest BCUT2D eigenvalue weighted by Crippen LogP contribution is 2.37. The SMILES string of the molecule is CCCCCC1COC(c2ccc(C(F)(F)Oc3cc(F)c(OC=CC(F)(F)F)c(F)c3)c(F)c2)OC1. The summed E-state index contributed by atoms with van der Waals surface area (Å²) in [6, 6.07) is 3.21. The Balaban J connectivity index is 1.67. The van der Waals surface area contributed by atoms with Gasteiger partial charge in [0.05, 0.1) is 31.1 Å². The number of alkyl halides is 5. The molecule has 0 aliphatic carbocycles. The minimum atomic E-state index is -4.80. The number of unbranched alkanes of at least 4 members (excludes halogenated alkanes) is 2. The first-order chi connectivity index (χ1) is 17.4. The van der Waals surface area contributed by atoms with E-state index in [0.717, 1.165) is 43.9 Å². The maximum Gasteiger partial charge on any atom is 0.429 e. The van der Waals surface area contributed by atoms with E-state index >= 15 is 0 Å². The Morgan fingerprint density at radius 1 is 0.919 bits per heavy atom. The summed E-state index contributed by atoms with van der Waals surface area (Å²) in [5.41, 5.74) is -1.06. The van der Waals surface area contributed by atoms with E-state index in [-0.39, 0.29) is 29.9 Å². The molecule has 1 fully saturated rings. The zero-order chi connectivity index (χ0) is 27.2. The van der Waals surface area contributed by atoms with Crippen molar-refractivity contribution in [2.24, 2.45) is 5.92 Å². The third-order valence-corrected chi connectivity index (χ3v) is 5.42. The number of benzene rings is 2. The zero-order valence-corrected chi connectivity index (χ0v) is 19.6. The predicted molar refractivity (Wildman–Crippen MR) is 115 cm³/mol. The lowest BCUT2D eigenvalue weighted by atomic mass is 10.0. The van der Waals surface area contributed by atoms with Crippen LogP contribution in [0.15, 0.2) is 42.7 Å². The normalized spacial score (nSPS) is 18.8. The van der Waals surface area contributed by atoms with Crippen LogP contribution in [-0.4, -0.2) is 19.4 Å². The molecule has 37 heavy (non-hydrogen) atoms. The van der Waals surface area contributed by atoms with E-state index in [2.05, 4.69) is 16.4 Å². The fourth-order valence-corrected chi connectivity index (χ4v) is 3.59. The van der Waals surface area contributed by atoms with Crippen LogP contribution in [0.3, 0.4) is 0 Å². The lowest BCUT2D eigenvalue weighted by Crippen LogP contribution is -2.28. The minimum Gasteiger partial charge on any atom is -0.459 e. The highest BCUT2D eigenvalue weighted by Gasteiger charge is 2.39. The van der Waals surface area contributed by atoms with Crippen molar-refractivity contribution in [3.63, 3.8) is 0 Å². The fraction of sp³-hybridized carbons (Fsp3) is 0.440. The molecule has 0 aromatic heterocycles. The highest BCUT2D eigenvalue weighted by molar-refractivity contribution is 5.36. The Hall–Kier alpha value is -2.86. The second-order valence-electron chi connectivity index (χ2n) is 8.40. The van der Waals surface area contributed by atoms with Gasteiger partial charge in [0.25, 0.3) is 0 Å². The summed E-state index contributed by atoms with van der Waals surface area (Å²) in [5, 5.41) is 0. The predicted octanol–water partition coefficient (Wildman–Crippen LogP) is 7.93. The number of ether oxygens (including phenoxy) is 4. The third kappa shape index (κ3) is 8.06. The smallest absolute Gasteiger partial charge is 0.429 e. The van der Waals surface area contributed by atoms with E-state index in [1.54, 1.807) is 0 Å². The molecule has 3 rings (SSSR count). The number of hydrogen-bond acceptors (Lipinski definition) is 4. The summed E-state index contributed by atoms with van der Waals surface area (Å²) in [4.78, 5) is 0. The highest BCUT2D eigenvalue weighted by atomic mass is 19.4. The Morgan fingerprint density at radius 3 is 2.14 bits per heavy atom. The molecule has 0 bridgehead atoms. The van der Waals surface area contributed by atoms with Gasteiger partial charge >= 0.3 is 12.3 Å². The van der Waals surface area contributed by atoms with Gasteiger partial charge in [-0.1, -0.05) is 32.3 Å². The first-order valence-corrected chi connectivity index (χ1v) is 11.4. The molecule has 1 saturated heterocycles. The Kier molecular flexibility index (Phi) is 9.41. The maximum atomic E-state index is 14.6. The van der Waals surface area contributed by atoms with Crippen LogP contribution in [0.4, 0.5) is 35.1 Å². The molecule has 1 heterocycles. The van der Waals surface area contributed by atoms with Crippen LogP contribution >= 0.6 is 0 Å². The summed E-state index contributed by atoms with van der Waals surface area (Å²) >= 11 is 0. The van der Waals surface area contributed by atoms with Gasteiger partial charge in [-0.2, -0.15) is 22.0 Å². The minimum absolute atomic E-state index is 0.0140. The summed E-state index contributed by atoms with van der Waals surface area (Å²) in [6.07, 6.45) is -6.45. The van der Waals surface area contributed by atoms with Crippen LogP contribution < -0.4 is 9.47 Å². The Morgan fingerprint density at radius 2 is 1.57 bits per heavy atom. The van der Waals surface area contributed by atoms with Crippen molar-refractivity contribution in [2.75, 3.05) is 13.2 Å². The van der Waals surface area contributed by atoms with Crippen molar-refractivity contribution >= 4 is 0 Å². The molecular formula is C25H24F8O4. The van der Waals surface area contributed by atoms with Crippen LogP contribution in [-0.2, 0) is 15.6 Å². The van der Waals surface area contributed by atoms with Gasteiger partial charge in [0, 0.05) is 23.6 Å². The monoisotopic (exact) mass is 540 g/mol. The topological polar surface area (TPSA) is 36.9 Å². The summed E-state index contributed by atoms with van der Waals surface area (Å²) in [5.74, 6) is -6.75. The van der Waals surface area contributed by atoms with Crippen LogP contribution in [0, 0.1) is 23.4 Å². The van der Waals surface area contributed by atoms with E-state index in [0.29, 0.717) is 13.2 Å². The number of halogens is 8. The lowest BCUT2D eigenvalue weighted by molar-refractivity contribution is -0.206. The second kappa shape index (κ2) is 12.1. The van der Waals surface area contributed by atoms with Gasteiger partial charge in [-0.15, -0.1) is 0 Å². The standard InChI is InChI=1S/C25H24F8O4/c1-2-3-4-5-15-13-35-23(36-14-15)16-6-7-18(19(26)10-16)25(32,33)37-17-11-20(27)22(21(28)12-17)34-9-8-24(29,30)31/h6-12,15,23H,2-5,13-14H2,1H3. The number of hydrogen-bond donors (Lipinski definition) is 0. The maximum absolute atomic E-state index is 14.6. The van der Waals surface area contributed by atoms with Gasteiger partial charge in [-0.05, 0) is 18.6 Å². The van der Waals surface area contributed by atoms with E-state index in [4.69, 9.17) is 9.47 Å². The quantitative estimate of drug-likeness (QED) is 0.174. The molecule has 4 nitrogen and oxygen atoms in total. The Labute approximate surface area is 207 Å². The van der Waals surface area contributed by atoms with Crippen LogP contribution in [0.1, 0.15) is 50.0 Å². The van der Waals surface area contributed by atoms with Crippen molar-refractivity contribution in [1.29, 1.82) is 0 Å². The fourth-order valence-electron chi connectivity index (χ4n) is 3.59. The van der Waals surface area contributed by atoms with E-state index in [1.807, 2.05) is 0 Å². The first-order valence-electron chi connectivity index (χ1n) is 11.4. The van der Waals surface area contributed by atoms with Crippen molar-refractivity contribution in [3.05, 3.63) is 71.2 Å². The zero-order valence-electron chi connectivity index (χ0n) is 19.6. The van der Waals surface area contributed by atoms with Crippen molar-refractivity contribution in [3.8, 4) is 11.5 Å². The lowest BCUT2D eigenvalue weighted by Gasteiger charge is -2.30. The first kappa shape index (κ1) is 28.7. The summed E-state index contributed by atoms with van der Waals surface area (Å²) in [7, 11) is 0. The van der Waals surface area contributed by atoms with Crippen LogP contribution in [0.5, 0.6) is 11.5 Å². The van der Waals surface area contributed by atoms with Gasteiger partial charge in [0.2, 0.25) is 0 Å². The average Bonchev–Trinajstić information content (AvgIpc) is 2.80. The van der Waals surface area contributed by atoms with Crippen molar-refractivity contribution in [2.45, 2.75) is 51.2 Å². The molecule has 0 amide bonds. The van der Waals surface area contributed by atoms with E-state index < -0.39 is 59.2 Å². The van der Waals surface area contributed by atoms with Gasteiger partial charge in [-0.3, -0.25) is 0 Å². The van der Waals surface area contributed by atoms with E-state index in [9.17, 15) is 35.1 Å². The van der Waals surface area contributed by atoms with Gasteiger partial charge in [0.1, 0.15) is 11.6 Å². The summed E-state index contributed by atoms with van der Waals surface area (Å²) in [6.45, 7) is 2.84. The van der Waals surface area contributed by atoms with Crippen LogP contribution in [0.2, 0.25) is 0 Å². The number of allylic oxidation sites excluding steroid dienone is 1. The van der Waals surface area contributed by atoms with E-state index in [1.165, 1.54) is 0 Å². The number of rotatable bonds is 10. The second-order valence-corrected chi connectivity index (χ2v) is 8.40. The molecule has 12 heteroatoms. The molecule has 1 aliphatic heterocycles. The molecule has 0 unspecified atom stereocenters. The van der Waals surface area contributed by atoms with Crippen molar-refractivity contribution < 1.29 is 54.1 Å². The molecule has 0 atom stereocenters. The molecule has 2 aromatic carbocycles. The van der Waals surface area contributed by atoms with Gasteiger partial charge in [0.15, 0.2) is 23.7 Å². The molecule has 0 spiro atoms. The Bertz CT molecular complexity index is 1060. The van der Waals surface area contributed by atoms with Gasteiger partial charge < -0.3 is 18.9 Å². The molecule has 0 N–H and O–H groups in total. The third-order valence-electron chi connectivity index (χ3n) is 5.42. The molecular weight excluding hydrogens is 516 g/mol. The molecule has 204 valence electrons. The van der Waals surface area contributed by atoms with Crippen LogP contribution in [0.25, 0.3) is 0 Å². The average molecular weight is 540 g/mol. The molecule has 2 aromatic rings. The molecule has 0 saturated carbocycles. The molecule has 1 aliphatic rings. The largest absolute Gasteiger partial charge is 0.459 e. The summed E-state index contributed by atoms with van der Waals surface area (Å²) < 4.78 is 128. The van der Waals surface area contributed by atoms with Gasteiger partial charge in [-0.25, -0.2) is 13.2 Å². The molecule has 0 radical (unpaired) electrons. The van der Waals surface area contributed by atoms with Crippen molar-refractivity contribution in [1.82, 2.24) is 0 Å².